The van der Waals surface area contributed by atoms with E-state index in [2.05, 4.69) is 5.32 Å². The Morgan fingerprint density at radius 2 is 2.00 bits per heavy atom. The van der Waals surface area contributed by atoms with Crippen molar-refractivity contribution in [2.45, 2.75) is 12.5 Å². The molecule has 1 unspecified atom stereocenters. The Balaban J connectivity index is 2.01. The number of aliphatic hydroxyl groups is 1. The molecule has 0 fully saturated rings. The first-order valence-corrected chi connectivity index (χ1v) is 6.90. The van der Waals surface area contributed by atoms with Crippen LogP contribution < -0.4 is 10.1 Å². The maximum absolute atomic E-state index is 11.6. The van der Waals surface area contributed by atoms with E-state index in [9.17, 15) is 9.90 Å². The first-order valence-electron chi connectivity index (χ1n) is 6.52. The third-order valence-corrected chi connectivity index (χ3v) is 3.78. The van der Waals surface area contributed by atoms with Crippen LogP contribution >= 0.6 is 11.6 Å². The van der Waals surface area contributed by atoms with Crippen molar-refractivity contribution in [2.24, 2.45) is 0 Å². The molecule has 5 heteroatoms. The molecule has 2 aromatic rings. The fraction of sp³-hybridized carbons (Fsp3) is 0.188. The van der Waals surface area contributed by atoms with Crippen molar-refractivity contribution in [1.29, 1.82) is 0 Å². The van der Waals surface area contributed by atoms with Gasteiger partial charge in [0.2, 0.25) is 5.91 Å². The fourth-order valence-corrected chi connectivity index (χ4v) is 2.77. The highest BCUT2D eigenvalue weighted by molar-refractivity contribution is 6.31. The van der Waals surface area contributed by atoms with Crippen molar-refractivity contribution in [3.63, 3.8) is 0 Å². The highest BCUT2D eigenvalue weighted by Crippen LogP contribution is 2.37. The molecule has 21 heavy (non-hydrogen) atoms. The van der Waals surface area contributed by atoms with Gasteiger partial charge in [-0.2, -0.15) is 0 Å². The SMILES string of the molecule is COc1ccc(C(O)c2cc(Cl)cc3c2NC(=O)C3)cc1. The van der Waals surface area contributed by atoms with Crippen LogP contribution in [0.15, 0.2) is 36.4 Å². The third-order valence-electron chi connectivity index (χ3n) is 3.56. The van der Waals surface area contributed by atoms with Gasteiger partial charge in [-0.3, -0.25) is 4.79 Å². The average Bonchev–Trinajstić information content (AvgIpc) is 2.85. The summed E-state index contributed by atoms with van der Waals surface area (Å²) in [6.07, 6.45) is -0.570. The van der Waals surface area contributed by atoms with Crippen LogP contribution in [0.4, 0.5) is 5.69 Å². The standard InChI is InChI=1S/C16H14ClNO3/c1-21-12-4-2-9(3-5-12)16(20)13-8-11(17)6-10-7-14(19)18-15(10)13/h2-6,8,16,20H,7H2,1H3,(H,18,19). The summed E-state index contributed by atoms with van der Waals surface area (Å²) in [6.45, 7) is 0. The minimum atomic E-state index is -0.859. The summed E-state index contributed by atoms with van der Waals surface area (Å²) in [4.78, 5) is 11.6. The van der Waals surface area contributed by atoms with Crippen LogP contribution in [0.3, 0.4) is 0 Å². The van der Waals surface area contributed by atoms with Crippen LogP contribution in [0.1, 0.15) is 22.8 Å². The number of hydrogen-bond donors (Lipinski definition) is 2. The number of anilines is 1. The number of halogens is 1. The van der Waals surface area contributed by atoms with Gasteiger partial charge in [0, 0.05) is 10.6 Å². The Kier molecular flexibility index (Phi) is 3.57. The second kappa shape index (κ2) is 5.39. The Hall–Kier alpha value is -2.04. The highest BCUT2D eigenvalue weighted by Gasteiger charge is 2.25. The van der Waals surface area contributed by atoms with Crippen molar-refractivity contribution in [3.8, 4) is 5.75 Å². The number of hydrogen-bond acceptors (Lipinski definition) is 3. The topological polar surface area (TPSA) is 58.6 Å². The van der Waals surface area contributed by atoms with E-state index in [1.165, 1.54) is 0 Å². The van der Waals surface area contributed by atoms with Gasteiger partial charge >= 0.3 is 0 Å². The molecule has 0 bridgehead atoms. The Morgan fingerprint density at radius 3 is 2.67 bits per heavy atom. The molecule has 1 atom stereocenters. The zero-order valence-corrected chi connectivity index (χ0v) is 12.1. The van der Waals surface area contributed by atoms with Crippen LogP contribution in [-0.2, 0) is 11.2 Å². The Labute approximate surface area is 127 Å². The van der Waals surface area contributed by atoms with Crippen LogP contribution in [0.2, 0.25) is 5.02 Å². The van der Waals surface area contributed by atoms with E-state index >= 15 is 0 Å². The number of nitrogens with one attached hydrogen (secondary N) is 1. The molecule has 4 nitrogen and oxygen atoms in total. The van der Waals surface area contributed by atoms with Gasteiger partial charge in [0.05, 0.1) is 19.2 Å². The molecule has 1 aliphatic heterocycles. The van der Waals surface area contributed by atoms with Gasteiger partial charge in [-0.05, 0) is 35.4 Å². The van der Waals surface area contributed by atoms with Crippen LogP contribution in [0.5, 0.6) is 5.75 Å². The van der Waals surface area contributed by atoms with Gasteiger partial charge in [-0.15, -0.1) is 0 Å². The number of methoxy groups -OCH3 is 1. The fourth-order valence-electron chi connectivity index (χ4n) is 2.52. The molecule has 3 rings (SSSR count). The van der Waals surface area contributed by atoms with Gasteiger partial charge in [0.1, 0.15) is 11.9 Å². The minimum Gasteiger partial charge on any atom is -0.497 e. The first-order chi connectivity index (χ1) is 10.1. The molecule has 0 aromatic heterocycles. The number of amides is 1. The molecular formula is C16H14ClNO3. The van der Waals surface area contributed by atoms with Gasteiger partial charge in [0.15, 0.2) is 0 Å². The summed E-state index contributed by atoms with van der Waals surface area (Å²) in [5, 5.41) is 13.9. The van der Waals surface area contributed by atoms with Crippen molar-refractivity contribution >= 4 is 23.2 Å². The molecule has 0 aliphatic carbocycles. The molecule has 2 N–H and O–H groups in total. The van der Waals surface area contributed by atoms with E-state index in [0.717, 1.165) is 11.3 Å². The molecule has 0 radical (unpaired) electrons. The monoisotopic (exact) mass is 303 g/mol. The molecule has 0 saturated heterocycles. The molecule has 1 heterocycles. The number of benzene rings is 2. The smallest absolute Gasteiger partial charge is 0.228 e. The summed E-state index contributed by atoms with van der Waals surface area (Å²) < 4.78 is 5.10. The number of rotatable bonds is 3. The van der Waals surface area contributed by atoms with Gasteiger partial charge < -0.3 is 15.2 Å². The summed E-state index contributed by atoms with van der Waals surface area (Å²) in [5.74, 6) is 0.631. The summed E-state index contributed by atoms with van der Waals surface area (Å²) in [5.41, 5.74) is 2.79. The summed E-state index contributed by atoms with van der Waals surface area (Å²) in [6, 6.07) is 10.6. The second-order valence-electron chi connectivity index (χ2n) is 4.93. The normalized spacial score (nSPS) is 14.5. The van der Waals surface area contributed by atoms with Gasteiger partial charge in [-0.1, -0.05) is 23.7 Å². The van der Waals surface area contributed by atoms with E-state index in [4.69, 9.17) is 16.3 Å². The zero-order valence-electron chi connectivity index (χ0n) is 11.4. The molecule has 1 aliphatic rings. The largest absolute Gasteiger partial charge is 0.497 e. The lowest BCUT2D eigenvalue weighted by atomic mass is 9.97. The predicted molar refractivity (Wildman–Crippen MR) is 80.8 cm³/mol. The first kappa shape index (κ1) is 13.9. The molecular weight excluding hydrogens is 290 g/mol. The van der Waals surface area contributed by atoms with Crippen LogP contribution in [0, 0.1) is 0 Å². The zero-order chi connectivity index (χ0) is 15.0. The van der Waals surface area contributed by atoms with E-state index in [-0.39, 0.29) is 12.3 Å². The minimum absolute atomic E-state index is 0.0875. The van der Waals surface area contributed by atoms with Gasteiger partial charge in [-0.25, -0.2) is 0 Å². The lowest BCUT2D eigenvalue weighted by molar-refractivity contribution is -0.115. The molecule has 108 valence electrons. The quantitative estimate of drug-likeness (QED) is 0.916. The number of carbonyl (C=O) groups is 1. The highest BCUT2D eigenvalue weighted by atomic mass is 35.5. The average molecular weight is 304 g/mol. The molecule has 0 saturated carbocycles. The maximum Gasteiger partial charge on any atom is 0.228 e. The van der Waals surface area contributed by atoms with E-state index < -0.39 is 6.10 Å². The van der Waals surface area contributed by atoms with E-state index in [1.807, 2.05) is 0 Å². The molecule has 2 aromatic carbocycles. The van der Waals surface area contributed by atoms with Crippen molar-refractivity contribution in [1.82, 2.24) is 0 Å². The van der Waals surface area contributed by atoms with E-state index in [1.54, 1.807) is 43.5 Å². The third kappa shape index (κ3) is 2.60. The summed E-state index contributed by atoms with van der Waals surface area (Å²) >= 11 is 6.09. The second-order valence-corrected chi connectivity index (χ2v) is 5.37. The van der Waals surface area contributed by atoms with Crippen molar-refractivity contribution < 1.29 is 14.6 Å². The summed E-state index contributed by atoms with van der Waals surface area (Å²) in [7, 11) is 1.59. The van der Waals surface area contributed by atoms with Crippen molar-refractivity contribution in [3.05, 3.63) is 58.1 Å². The number of fused-ring (bicyclic) bond motifs is 1. The Morgan fingerprint density at radius 1 is 1.29 bits per heavy atom. The maximum atomic E-state index is 11.6. The predicted octanol–water partition coefficient (Wildman–Crippen LogP) is 2.92. The number of ether oxygens (including phenoxy) is 1. The van der Waals surface area contributed by atoms with Crippen molar-refractivity contribution in [2.75, 3.05) is 12.4 Å². The van der Waals surface area contributed by atoms with Gasteiger partial charge in [0.25, 0.3) is 0 Å². The number of aliphatic hydroxyl groups excluding tert-OH is 1. The lowest BCUT2D eigenvalue weighted by Crippen LogP contribution is -2.07. The number of carbonyl (C=O) groups excluding carboxylic acids is 1. The van der Waals surface area contributed by atoms with Crippen LogP contribution in [-0.4, -0.2) is 18.1 Å². The van der Waals surface area contributed by atoms with Crippen LogP contribution in [0.25, 0.3) is 0 Å². The molecule has 0 spiro atoms. The van der Waals surface area contributed by atoms with E-state index in [0.29, 0.717) is 21.8 Å². The molecule has 1 amide bonds. The Bertz CT molecular complexity index is 697. The lowest BCUT2D eigenvalue weighted by Gasteiger charge is -2.16.